The number of benzene rings is 3. The van der Waals surface area contributed by atoms with Gasteiger partial charge in [0.2, 0.25) is 0 Å². The summed E-state index contributed by atoms with van der Waals surface area (Å²) in [5, 5.41) is 27.2. The molecule has 0 spiro atoms. The van der Waals surface area contributed by atoms with Gasteiger partial charge in [0, 0.05) is 22.2 Å². The standard InChI is InChI=1S/C28H21ClN5O5S/c1-15-11-16(2)13-21(12-15)33-26(36)23(29)24(27(33)37)30-19-7-3-18(4-8-19)25(35)32-28-31-22(14-40-28)17-5-9-20(10-6-17)34(38)39/h3-14,30,38H,1-2H3,(H,31,32,35)/q-1. The average molecular weight is 575 g/mol. The molecule has 3 N–H and O–H groups in total. The van der Waals surface area contributed by atoms with Crippen LogP contribution in [-0.2, 0) is 9.59 Å². The lowest BCUT2D eigenvalue weighted by molar-refractivity contribution is -0.120. The van der Waals surface area contributed by atoms with E-state index < -0.39 is 17.7 Å². The Morgan fingerprint density at radius 1 is 1.00 bits per heavy atom. The minimum absolute atomic E-state index is 0.0478. The molecule has 0 unspecified atom stereocenters. The van der Waals surface area contributed by atoms with E-state index in [9.17, 15) is 19.6 Å². The fraction of sp³-hybridized carbons (Fsp3) is 0.0714. The van der Waals surface area contributed by atoms with Crippen LogP contribution in [0.4, 0.5) is 22.2 Å². The Hall–Kier alpha value is -4.55. The van der Waals surface area contributed by atoms with Crippen molar-refractivity contribution in [1.29, 1.82) is 0 Å². The number of aryl methyl sites for hydroxylation is 2. The summed E-state index contributed by atoms with van der Waals surface area (Å²) in [5.41, 5.74) is 4.41. The Kier molecular flexibility index (Phi) is 7.37. The molecule has 3 amide bonds. The maximum absolute atomic E-state index is 13.1. The van der Waals surface area contributed by atoms with Gasteiger partial charge < -0.3 is 15.8 Å². The van der Waals surface area contributed by atoms with Gasteiger partial charge >= 0.3 is 0 Å². The summed E-state index contributed by atoms with van der Waals surface area (Å²) in [7, 11) is 0. The smallest absolute Gasteiger partial charge is 0.283 e. The Balaban J connectivity index is 1.25. The van der Waals surface area contributed by atoms with E-state index in [4.69, 9.17) is 16.8 Å². The third-order valence-electron chi connectivity index (χ3n) is 6.02. The Labute approximate surface area is 237 Å². The molecule has 4 aromatic rings. The van der Waals surface area contributed by atoms with Crippen LogP contribution in [0.15, 0.2) is 82.8 Å². The molecule has 0 saturated carbocycles. The van der Waals surface area contributed by atoms with Crippen molar-refractivity contribution in [1.82, 2.24) is 4.98 Å². The van der Waals surface area contributed by atoms with Gasteiger partial charge in [-0.2, -0.15) is 0 Å². The van der Waals surface area contributed by atoms with Crippen LogP contribution in [0.25, 0.3) is 11.3 Å². The number of hydrogen-bond acceptors (Lipinski definition) is 9. The van der Waals surface area contributed by atoms with Gasteiger partial charge in [0.25, 0.3) is 17.7 Å². The third-order valence-corrected chi connectivity index (χ3v) is 7.13. The van der Waals surface area contributed by atoms with Gasteiger partial charge in [-0.25, -0.2) is 9.88 Å². The van der Waals surface area contributed by atoms with Gasteiger partial charge in [0.1, 0.15) is 10.7 Å². The normalized spacial score (nSPS) is 13.2. The maximum Gasteiger partial charge on any atom is 0.283 e. The van der Waals surface area contributed by atoms with Crippen LogP contribution in [0.2, 0.25) is 0 Å². The molecule has 0 aliphatic carbocycles. The van der Waals surface area contributed by atoms with Crippen LogP contribution in [0.1, 0.15) is 21.5 Å². The van der Waals surface area contributed by atoms with Crippen molar-refractivity contribution < 1.29 is 19.6 Å². The molecule has 40 heavy (non-hydrogen) atoms. The van der Waals surface area contributed by atoms with Gasteiger partial charge in [0.05, 0.1) is 17.1 Å². The summed E-state index contributed by atoms with van der Waals surface area (Å²) in [4.78, 5) is 44.1. The number of hydrogen-bond donors (Lipinski definition) is 3. The first-order valence-electron chi connectivity index (χ1n) is 11.9. The van der Waals surface area contributed by atoms with Crippen LogP contribution < -0.4 is 20.8 Å². The highest BCUT2D eigenvalue weighted by Gasteiger charge is 2.39. The first-order valence-corrected chi connectivity index (χ1v) is 13.1. The molecule has 1 aliphatic heterocycles. The van der Waals surface area contributed by atoms with E-state index in [1.165, 1.54) is 23.5 Å². The van der Waals surface area contributed by atoms with Crippen molar-refractivity contribution in [3.8, 4) is 11.3 Å². The summed E-state index contributed by atoms with van der Waals surface area (Å²) in [6.45, 7) is 3.75. The molecule has 1 aliphatic rings. The number of rotatable bonds is 7. The quantitative estimate of drug-likeness (QED) is 0.186. The molecule has 2 heterocycles. The Bertz CT molecular complexity index is 1650. The number of carbonyl (C=O) groups excluding carboxylic acids is 3. The Morgan fingerprint density at radius 2 is 1.65 bits per heavy atom. The number of thiazole rings is 1. The van der Waals surface area contributed by atoms with Crippen molar-refractivity contribution in [2.75, 3.05) is 20.8 Å². The van der Waals surface area contributed by atoms with Crippen molar-refractivity contribution in [3.05, 3.63) is 105 Å². The van der Waals surface area contributed by atoms with Crippen molar-refractivity contribution in [2.24, 2.45) is 0 Å². The van der Waals surface area contributed by atoms with Gasteiger partial charge in [-0.1, -0.05) is 29.8 Å². The number of aromatic nitrogens is 1. The fourth-order valence-electron chi connectivity index (χ4n) is 4.17. The SMILES string of the molecule is Cc1cc(C)cc(N2C(=O)C(Cl)=C(Nc3ccc(C(=O)Nc4nc(-c5ccc(N([O-])O)cc5)cs4)cc3)C2=O)c1. The van der Waals surface area contributed by atoms with Gasteiger partial charge in [0.15, 0.2) is 5.13 Å². The van der Waals surface area contributed by atoms with E-state index in [2.05, 4.69) is 15.6 Å². The minimum atomic E-state index is -0.616. The zero-order chi connectivity index (χ0) is 28.6. The summed E-state index contributed by atoms with van der Waals surface area (Å²) in [6, 6.07) is 17.9. The van der Waals surface area contributed by atoms with Gasteiger partial charge in [-0.05, 0) is 73.5 Å². The molecular weight excluding hydrogens is 554 g/mol. The first kappa shape index (κ1) is 27.0. The topological polar surface area (TPSA) is 138 Å². The lowest BCUT2D eigenvalue weighted by Gasteiger charge is -2.21. The molecule has 10 nitrogen and oxygen atoms in total. The number of imide groups is 1. The molecule has 12 heteroatoms. The molecule has 0 bridgehead atoms. The van der Waals surface area contributed by atoms with E-state index >= 15 is 0 Å². The van der Waals surface area contributed by atoms with E-state index in [0.29, 0.717) is 33.3 Å². The summed E-state index contributed by atoms with van der Waals surface area (Å²) in [5.74, 6) is -1.58. The van der Waals surface area contributed by atoms with Crippen LogP contribution >= 0.6 is 22.9 Å². The predicted molar refractivity (Wildman–Crippen MR) is 154 cm³/mol. The lowest BCUT2D eigenvalue weighted by atomic mass is 10.1. The van der Waals surface area contributed by atoms with Gasteiger partial charge in [-0.3, -0.25) is 24.9 Å². The fourth-order valence-corrected chi connectivity index (χ4v) is 5.09. The highest BCUT2D eigenvalue weighted by molar-refractivity contribution is 7.14. The van der Waals surface area contributed by atoms with Crippen LogP contribution in [0, 0.1) is 19.1 Å². The number of nitrogens with zero attached hydrogens (tertiary/aromatic N) is 3. The van der Waals surface area contributed by atoms with Crippen molar-refractivity contribution in [3.63, 3.8) is 0 Å². The largest absolute Gasteiger partial charge is 0.733 e. The zero-order valence-electron chi connectivity index (χ0n) is 21.1. The van der Waals surface area contributed by atoms with Crippen molar-refractivity contribution in [2.45, 2.75) is 13.8 Å². The monoisotopic (exact) mass is 574 g/mol. The summed E-state index contributed by atoms with van der Waals surface area (Å²) in [6.07, 6.45) is 0. The maximum atomic E-state index is 13.1. The second-order valence-electron chi connectivity index (χ2n) is 8.99. The van der Waals surface area contributed by atoms with E-state index in [1.54, 1.807) is 53.9 Å². The molecule has 5 rings (SSSR count). The zero-order valence-corrected chi connectivity index (χ0v) is 22.7. The molecular formula is C28H21ClN5O5S-. The molecule has 1 aromatic heterocycles. The molecule has 0 fully saturated rings. The van der Waals surface area contributed by atoms with Gasteiger partial charge in [-0.15, -0.1) is 11.3 Å². The average Bonchev–Trinajstić information content (AvgIpc) is 3.47. The van der Waals surface area contributed by atoms with E-state index in [1.807, 2.05) is 19.9 Å². The second-order valence-corrected chi connectivity index (χ2v) is 10.2. The third kappa shape index (κ3) is 5.44. The predicted octanol–water partition coefficient (Wildman–Crippen LogP) is 5.81. The number of nitrogens with one attached hydrogen (secondary N) is 2. The number of carbonyl (C=O) groups is 3. The van der Waals surface area contributed by atoms with E-state index in [-0.39, 0.29) is 21.6 Å². The number of halogens is 1. The van der Waals surface area contributed by atoms with Crippen LogP contribution in [-0.4, -0.2) is 27.9 Å². The van der Waals surface area contributed by atoms with Crippen molar-refractivity contribution >= 4 is 62.9 Å². The number of amides is 3. The lowest BCUT2D eigenvalue weighted by Crippen LogP contribution is -2.32. The highest BCUT2D eigenvalue weighted by Crippen LogP contribution is 2.31. The summed E-state index contributed by atoms with van der Waals surface area (Å²) < 4.78 is 0. The number of anilines is 4. The van der Waals surface area contributed by atoms with E-state index in [0.717, 1.165) is 16.0 Å². The molecule has 202 valence electrons. The molecule has 0 atom stereocenters. The Morgan fingerprint density at radius 3 is 2.27 bits per heavy atom. The molecule has 0 radical (unpaired) electrons. The molecule has 3 aromatic carbocycles. The first-order chi connectivity index (χ1) is 19.1. The summed E-state index contributed by atoms with van der Waals surface area (Å²) >= 11 is 7.48. The molecule has 0 saturated heterocycles. The highest BCUT2D eigenvalue weighted by atomic mass is 35.5. The van der Waals surface area contributed by atoms with Crippen LogP contribution in [0.5, 0.6) is 0 Å². The minimum Gasteiger partial charge on any atom is -0.733 e. The van der Waals surface area contributed by atoms with Crippen LogP contribution in [0.3, 0.4) is 0 Å². The second kappa shape index (κ2) is 10.9.